The monoisotopic (exact) mass is 442 g/mol. The molecule has 150 valence electrons. The molecule has 2 aliphatic heterocycles. The summed E-state index contributed by atoms with van der Waals surface area (Å²) in [6.07, 6.45) is 1.79. The normalized spacial score (nSPS) is 18.8. The molecule has 1 aromatic heterocycles. The first-order valence-electron chi connectivity index (χ1n) is 8.59. The molecule has 0 radical (unpaired) electrons. The largest absolute Gasteiger partial charge is 0.379 e. The summed E-state index contributed by atoms with van der Waals surface area (Å²) in [7, 11) is 0. The first-order valence-corrected chi connectivity index (χ1v) is 10.6. The lowest BCUT2D eigenvalue weighted by Crippen LogP contribution is -2.37. The Morgan fingerprint density at radius 3 is 1.96 bits per heavy atom. The molecule has 0 saturated carbocycles. The second-order valence-electron chi connectivity index (χ2n) is 5.81. The summed E-state index contributed by atoms with van der Waals surface area (Å²) in [5.74, 6) is 2.14. The lowest BCUT2D eigenvalue weighted by Gasteiger charge is -2.26. The van der Waals surface area contributed by atoms with Gasteiger partial charge in [-0.3, -0.25) is 9.80 Å². The second-order valence-corrected chi connectivity index (χ2v) is 8.03. The number of hydrogen-bond acceptors (Lipinski definition) is 8. The number of thioether (sulfide) groups is 2. The van der Waals surface area contributed by atoms with Crippen LogP contribution in [0.15, 0.2) is 22.2 Å². The maximum Gasteiger partial charge on any atom is 0.132 e. The minimum absolute atomic E-state index is 0. The first-order chi connectivity index (χ1) is 11.9. The molecule has 3 rings (SSSR count). The summed E-state index contributed by atoms with van der Waals surface area (Å²) in [5.41, 5.74) is 0. The third-order valence-electron chi connectivity index (χ3n) is 4.17. The van der Waals surface area contributed by atoms with Crippen LogP contribution in [0.3, 0.4) is 0 Å². The molecule has 0 amide bonds. The van der Waals surface area contributed by atoms with Crippen LogP contribution in [-0.4, -0.2) is 97.2 Å². The van der Waals surface area contributed by atoms with Crippen molar-refractivity contribution in [3.05, 3.63) is 12.3 Å². The van der Waals surface area contributed by atoms with Crippen LogP contribution in [0.5, 0.6) is 0 Å². The van der Waals surface area contributed by atoms with Gasteiger partial charge in [0.1, 0.15) is 5.03 Å². The summed E-state index contributed by atoms with van der Waals surface area (Å²) < 4.78 is 10.8. The molecule has 0 spiro atoms. The maximum absolute atomic E-state index is 5.40. The van der Waals surface area contributed by atoms with Crippen LogP contribution in [0, 0.1) is 0 Å². The van der Waals surface area contributed by atoms with Crippen molar-refractivity contribution in [1.29, 1.82) is 0 Å². The lowest BCUT2D eigenvalue weighted by molar-refractivity contribution is 0.0409. The number of aromatic nitrogens is 2. The van der Waals surface area contributed by atoms with E-state index in [0.29, 0.717) is 0 Å². The Morgan fingerprint density at radius 1 is 0.846 bits per heavy atom. The van der Waals surface area contributed by atoms with Gasteiger partial charge in [0.25, 0.3) is 0 Å². The number of morpholine rings is 2. The molecule has 10 heteroatoms. The van der Waals surface area contributed by atoms with E-state index in [1.54, 1.807) is 6.20 Å². The minimum atomic E-state index is 0. The highest BCUT2D eigenvalue weighted by Gasteiger charge is 2.13. The van der Waals surface area contributed by atoms with E-state index in [2.05, 4.69) is 26.1 Å². The average molecular weight is 443 g/mol. The van der Waals surface area contributed by atoms with Gasteiger partial charge < -0.3 is 9.47 Å². The fraction of sp³-hybridized carbons (Fsp3) is 0.750. The Bertz CT molecular complexity index is 450. The molecule has 1 aromatic rings. The van der Waals surface area contributed by atoms with Crippen LogP contribution in [0.2, 0.25) is 0 Å². The summed E-state index contributed by atoms with van der Waals surface area (Å²) in [6, 6.07) is 2.09. The highest BCUT2D eigenvalue weighted by atomic mass is 35.5. The topological polar surface area (TPSA) is 50.7 Å². The molecule has 26 heavy (non-hydrogen) atoms. The SMILES string of the molecule is Cl.Cl.c1cc(SCCN2CCOCC2)c(SCCN2CCOCC2)nn1. The van der Waals surface area contributed by atoms with Gasteiger partial charge in [-0.15, -0.1) is 53.4 Å². The smallest absolute Gasteiger partial charge is 0.132 e. The lowest BCUT2D eigenvalue weighted by atomic mass is 10.4. The Morgan fingerprint density at radius 2 is 1.38 bits per heavy atom. The number of halogens is 2. The Hall–Kier alpha value is 0.200. The van der Waals surface area contributed by atoms with Gasteiger partial charge in [0.2, 0.25) is 0 Å². The number of rotatable bonds is 8. The van der Waals surface area contributed by atoms with E-state index < -0.39 is 0 Å². The highest BCUT2D eigenvalue weighted by Crippen LogP contribution is 2.28. The van der Waals surface area contributed by atoms with Gasteiger partial charge in [-0.1, -0.05) is 0 Å². The Kier molecular flexibility index (Phi) is 13.3. The van der Waals surface area contributed by atoms with Crippen molar-refractivity contribution in [2.45, 2.75) is 9.92 Å². The fourth-order valence-electron chi connectivity index (χ4n) is 2.72. The third-order valence-corrected chi connectivity index (χ3v) is 6.29. The summed E-state index contributed by atoms with van der Waals surface area (Å²) in [4.78, 5) is 6.18. The van der Waals surface area contributed by atoms with Crippen LogP contribution >= 0.6 is 48.3 Å². The average Bonchev–Trinajstić information content (AvgIpc) is 2.65. The van der Waals surface area contributed by atoms with E-state index in [9.17, 15) is 0 Å². The number of nitrogens with zero attached hydrogens (tertiary/aromatic N) is 4. The van der Waals surface area contributed by atoms with Crippen molar-refractivity contribution in [1.82, 2.24) is 20.0 Å². The predicted octanol–water partition coefficient (Wildman–Crippen LogP) is 2.17. The molecule has 6 nitrogen and oxygen atoms in total. The van der Waals surface area contributed by atoms with Gasteiger partial charge in [0.15, 0.2) is 0 Å². The van der Waals surface area contributed by atoms with E-state index in [4.69, 9.17) is 9.47 Å². The number of ether oxygens (including phenoxy) is 2. The van der Waals surface area contributed by atoms with Gasteiger partial charge in [-0.25, -0.2) is 0 Å². The summed E-state index contributed by atoms with van der Waals surface area (Å²) >= 11 is 3.70. The molecule has 0 bridgehead atoms. The van der Waals surface area contributed by atoms with Gasteiger partial charge >= 0.3 is 0 Å². The van der Waals surface area contributed by atoms with Crippen molar-refractivity contribution in [3.63, 3.8) is 0 Å². The second kappa shape index (κ2) is 14.2. The van der Waals surface area contributed by atoms with E-state index in [-0.39, 0.29) is 24.8 Å². The van der Waals surface area contributed by atoms with Gasteiger partial charge in [-0.05, 0) is 6.07 Å². The zero-order chi connectivity index (χ0) is 16.5. The zero-order valence-electron chi connectivity index (χ0n) is 14.9. The molecule has 0 aromatic carbocycles. The fourth-order valence-corrected chi connectivity index (χ4v) is 4.83. The molecular weight excluding hydrogens is 415 g/mol. The van der Waals surface area contributed by atoms with E-state index in [1.165, 1.54) is 4.90 Å². The molecule has 0 aliphatic carbocycles. The molecule has 2 saturated heterocycles. The van der Waals surface area contributed by atoms with E-state index in [1.807, 2.05) is 23.5 Å². The predicted molar refractivity (Wildman–Crippen MR) is 112 cm³/mol. The Labute approximate surface area is 177 Å². The summed E-state index contributed by atoms with van der Waals surface area (Å²) in [5, 5.41) is 9.47. The third kappa shape index (κ3) is 8.48. The summed E-state index contributed by atoms with van der Waals surface area (Å²) in [6.45, 7) is 9.83. The molecule has 0 atom stereocenters. The molecule has 0 unspecified atom stereocenters. The van der Waals surface area contributed by atoms with E-state index >= 15 is 0 Å². The van der Waals surface area contributed by atoms with Crippen molar-refractivity contribution >= 4 is 48.3 Å². The van der Waals surface area contributed by atoms with Gasteiger partial charge in [0.05, 0.1) is 32.6 Å². The van der Waals surface area contributed by atoms with Crippen LogP contribution in [-0.2, 0) is 9.47 Å². The van der Waals surface area contributed by atoms with Crippen LogP contribution in [0.4, 0.5) is 0 Å². The van der Waals surface area contributed by atoms with Crippen LogP contribution in [0.1, 0.15) is 0 Å². The molecule has 2 fully saturated rings. The van der Waals surface area contributed by atoms with Gasteiger partial charge in [0, 0.05) is 55.7 Å². The number of hydrogen-bond donors (Lipinski definition) is 0. The maximum atomic E-state index is 5.40. The molecule has 2 aliphatic rings. The quantitative estimate of drug-likeness (QED) is 0.567. The van der Waals surface area contributed by atoms with Crippen molar-refractivity contribution in [3.8, 4) is 0 Å². The molecular formula is C16H28Cl2N4O2S2. The van der Waals surface area contributed by atoms with Crippen molar-refractivity contribution in [2.24, 2.45) is 0 Å². The van der Waals surface area contributed by atoms with Crippen molar-refractivity contribution in [2.75, 3.05) is 77.2 Å². The minimum Gasteiger partial charge on any atom is -0.379 e. The zero-order valence-corrected chi connectivity index (χ0v) is 18.1. The standard InChI is InChI=1S/C16H26N4O2S2.2ClH/c1-2-17-18-16(24-14-8-20-5-11-22-12-6-20)15(1)23-13-7-19-3-9-21-10-4-19;;/h1-2H,3-14H2;2*1H. The van der Waals surface area contributed by atoms with Crippen molar-refractivity contribution < 1.29 is 9.47 Å². The Balaban J connectivity index is 0.00000169. The van der Waals surface area contributed by atoms with Crippen LogP contribution in [0.25, 0.3) is 0 Å². The highest BCUT2D eigenvalue weighted by molar-refractivity contribution is 8.02. The first kappa shape index (κ1) is 24.2. The van der Waals surface area contributed by atoms with Gasteiger partial charge in [-0.2, -0.15) is 5.10 Å². The van der Waals surface area contributed by atoms with Crippen LogP contribution < -0.4 is 0 Å². The van der Waals surface area contributed by atoms with E-state index in [0.717, 1.165) is 82.2 Å². The molecule has 0 N–H and O–H groups in total. The molecule has 3 heterocycles.